The van der Waals surface area contributed by atoms with Gasteiger partial charge in [0.1, 0.15) is 5.82 Å². The van der Waals surface area contributed by atoms with Crippen LogP contribution in [0.5, 0.6) is 0 Å². The van der Waals surface area contributed by atoms with Crippen molar-refractivity contribution in [2.75, 3.05) is 11.9 Å². The number of anilines is 2. The molecule has 2 heterocycles. The molecule has 128 valence electrons. The first-order valence-corrected chi connectivity index (χ1v) is 8.78. The second kappa shape index (κ2) is 7.07. The van der Waals surface area contributed by atoms with Gasteiger partial charge < -0.3 is 10.2 Å². The van der Waals surface area contributed by atoms with Crippen LogP contribution in [0.4, 0.5) is 11.5 Å². The van der Waals surface area contributed by atoms with E-state index in [2.05, 4.69) is 49.7 Å². The number of para-hydroxylation sites is 1. The molecule has 1 aliphatic rings. The Morgan fingerprint density at radius 3 is 2.84 bits per heavy atom. The number of pyridine rings is 1. The van der Waals surface area contributed by atoms with Gasteiger partial charge >= 0.3 is 0 Å². The minimum absolute atomic E-state index is 0.511. The fraction of sp³-hybridized carbons (Fsp3) is 0.300. The number of aromatic nitrogens is 3. The standard InChI is InChI=1S/C20H23N5/c1-25(18-5-3-2-4-6-18)20-10-7-15(13-22-20)12-21-17-8-9-19-16(11-17)14-23-24-19/h2-7,10,13-14,17,21H,8-9,11-12H2,1H3,(H,23,24). The smallest absolute Gasteiger partial charge is 0.132 e. The van der Waals surface area contributed by atoms with Crippen molar-refractivity contribution in [1.82, 2.24) is 20.5 Å². The number of fused-ring (bicyclic) bond motifs is 1. The van der Waals surface area contributed by atoms with Crippen LogP contribution in [0.2, 0.25) is 0 Å². The lowest BCUT2D eigenvalue weighted by Crippen LogP contribution is -2.33. The van der Waals surface area contributed by atoms with Crippen LogP contribution in [0.1, 0.15) is 23.2 Å². The van der Waals surface area contributed by atoms with Crippen molar-refractivity contribution in [1.29, 1.82) is 0 Å². The fourth-order valence-electron chi connectivity index (χ4n) is 3.36. The SMILES string of the molecule is CN(c1ccccc1)c1ccc(CNC2CCc3[nH]ncc3C2)cn1. The minimum Gasteiger partial charge on any atom is -0.329 e. The maximum absolute atomic E-state index is 4.62. The molecule has 0 saturated heterocycles. The Bertz CT molecular complexity index is 810. The zero-order chi connectivity index (χ0) is 17.1. The van der Waals surface area contributed by atoms with Crippen LogP contribution >= 0.6 is 0 Å². The van der Waals surface area contributed by atoms with Gasteiger partial charge in [0.25, 0.3) is 0 Å². The lowest BCUT2D eigenvalue weighted by molar-refractivity contribution is 0.455. The van der Waals surface area contributed by atoms with E-state index < -0.39 is 0 Å². The molecule has 0 aliphatic heterocycles. The Hall–Kier alpha value is -2.66. The summed E-state index contributed by atoms with van der Waals surface area (Å²) in [4.78, 5) is 6.71. The predicted molar refractivity (Wildman–Crippen MR) is 100.0 cm³/mol. The summed E-state index contributed by atoms with van der Waals surface area (Å²) in [5.74, 6) is 0.954. The molecule has 0 bridgehead atoms. The van der Waals surface area contributed by atoms with Gasteiger partial charge in [-0.2, -0.15) is 5.10 Å². The van der Waals surface area contributed by atoms with E-state index in [1.54, 1.807) is 0 Å². The Balaban J connectivity index is 1.35. The summed E-state index contributed by atoms with van der Waals surface area (Å²) >= 11 is 0. The van der Waals surface area contributed by atoms with Crippen LogP contribution in [0.3, 0.4) is 0 Å². The summed E-state index contributed by atoms with van der Waals surface area (Å²) in [7, 11) is 2.04. The quantitative estimate of drug-likeness (QED) is 0.753. The summed E-state index contributed by atoms with van der Waals surface area (Å²) < 4.78 is 0. The minimum atomic E-state index is 0.511. The van der Waals surface area contributed by atoms with Crippen LogP contribution in [-0.4, -0.2) is 28.3 Å². The van der Waals surface area contributed by atoms with Crippen molar-refractivity contribution in [2.24, 2.45) is 0 Å². The number of H-pyrrole nitrogens is 1. The van der Waals surface area contributed by atoms with Gasteiger partial charge in [0.05, 0.1) is 6.20 Å². The first-order valence-electron chi connectivity index (χ1n) is 8.78. The average molecular weight is 333 g/mol. The number of benzene rings is 1. The molecule has 1 unspecified atom stereocenters. The van der Waals surface area contributed by atoms with Crippen molar-refractivity contribution < 1.29 is 0 Å². The Morgan fingerprint density at radius 1 is 1.16 bits per heavy atom. The van der Waals surface area contributed by atoms with Crippen LogP contribution in [0, 0.1) is 0 Å². The number of nitrogens with zero attached hydrogens (tertiary/aromatic N) is 3. The first kappa shape index (κ1) is 15.8. The summed E-state index contributed by atoms with van der Waals surface area (Å²) in [5.41, 5.74) is 5.00. The summed E-state index contributed by atoms with van der Waals surface area (Å²) in [6.45, 7) is 0.847. The van der Waals surface area contributed by atoms with E-state index in [1.807, 2.05) is 37.6 Å². The molecule has 0 radical (unpaired) electrons. The molecule has 4 rings (SSSR count). The zero-order valence-corrected chi connectivity index (χ0v) is 14.4. The van der Waals surface area contributed by atoms with Gasteiger partial charge in [-0.1, -0.05) is 24.3 Å². The van der Waals surface area contributed by atoms with Crippen molar-refractivity contribution in [3.8, 4) is 0 Å². The van der Waals surface area contributed by atoms with Crippen molar-refractivity contribution in [2.45, 2.75) is 31.8 Å². The molecule has 25 heavy (non-hydrogen) atoms. The van der Waals surface area contributed by atoms with E-state index in [4.69, 9.17) is 0 Å². The van der Waals surface area contributed by atoms with Crippen molar-refractivity contribution >= 4 is 11.5 Å². The van der Waals surface area contributed by atoms with Crippen molar-refractivity contribution in [3.05, 3.63) is 71.7 Å². The van der Waals surface area contributed by atoms with Gasteiger partial charge in [-0.15, -0.1) is 0 Å². The maximum Gasteiger partial charge on any atom is 0.132 e. The van der Waals surface area contributed by atoms with E-state index in [1.165, 1.54) is 16.8 Å². The summed E-state index contributed by atoms with van der Waals surface area (Å²) in [6, 6.07) is 15.0. The van der Waals surface area contributed by atoms with Gasteiger partial charge in [0.2, 0.25) is 0 Å². The van der Waals surface area contributed by atoms with E-state index in [0.717, 1.165) is 37.3 Å². The predicted octanol–water partition coefficient (Wildman–Crippen LogP) is 3.22. The number of aryl methyl sites for hydroxylation is 1. The second-order valence-corrected chi connectivity index (χ2v) is 6.61. The summed E-state index contributed by atoms with van der Waals surface area (Å²) in [6.07, 6.45) is 7.20. The second-order valence-electron chi connectivity index (χ2n) is 6.61. The fourth-order valence-corrected chi connectivity index (χ4v) is 3.36. The molecule has 0 saturated carbocycles. The molecule has 2 aromatic heterocycles. The number of rotatable bonds is 5. The van der Waals surface area contributed by atoms with Crippen LogP contribution in [-0.2, 0) is 19.4 Å². The van der Waals surface area contributed by atoms with Gasteiger partial charge in [0.15, 0.2) is 0 Å². The molecular formula is C20H23N5. The third-order valence-electron chi connectivity index (χ3n) is 4.91. The Labute approximate surface area is 148 Å². The molecule has 0 fully saturated rings. The molecular weight excluding hydrogens is 310 g/mol. The molecule has 3 aromatic rings. The van der Waals surface area contributed by atoms with Crippen LogP contribution < -0.4 is 10.2 Å². The van der Waals surface area contributed by atoms with Crippen LogP contribution in [0.15, 0.2) is 54.9 Å². The monoisotopic (exact) mass is 333 g/mol. The third-order valence-corrected chi connectivity index (χ3v) is 4.91. The lowest BCUT2D eigenvalue weighted by atomic mass is 9.93. The van der Waals surface area contributed by atoms with Crippen LogP contribution in [0.25, 0.3) is 0 Å². The normalized spacial score (nSPS) is 16.4. The molecule has 1 atom stereocenters. The molecule has 5 heteroatoms. The number of hydrogen-bond acceptors (Lipinski definition) is 4. The average Bonchev–Trinajstić information content (AvgIpc) is 3.15. The Morgan fingerprint density at radius 2 is 2.04 bits per heavy atom. The molecule has 0 spiro atoms. The van der Waals surface area contributed by atoms with E-state index in [-0.39, 0.29) is 0 Å². The molecule has 5 nitrogen and oxygen atoms in total. The largest absolute Gasteiger partial charge is 0.329 e. The molecule has 1 aliphatic carbocycles. The molecule has 2 N–H and O–H groups in total. The highest BCUT2D eigenvalue weighted by atomic mass is 15.2. The lowest BCUT2D eigenvalue weighted by Gasteiger charge is -2.23. The number of hydrogen-bond donors (Lipinski definition) is 2. The van der Waals surface area contributed by atoms with Gasteiger partial charge in [0, 0.05) is 37.2 Å². The highest BCUT2D eigenvalue weighted by Crippen LogP contribution is 2.22. The maximum atomic E-state index is 4.62. The van der Waals surface area contributed by atoms with Crippen molar-refractivity contribution in [3.63, 3.8) is 0 Å². The first-order chi connectivity index (χ1) is 12.3. The Kier molecular flexibility index (Phi) is 4.48. The van der Waals surface area contributed by atoms with E-state index in [9.17, 15) is 0 Å². The summed E-state index contributed by atoms with van der Waals surface area (Å²) in [5, 5.41) is 10.9. The topological polar surface area (TPSA) is 56.8 Å². The van der Waals surface area contributed by atoms with E-state index >= 15 is 0 Å². The highest BCUT2D eigenvalue weighted by molar-refractivity contribution is 5.58. The highest BCUT2D eigenvalue weighted by Gasteiger charge is 2.19. The van der Waals surface area contributed by atoms with E-state index in [0.29, 0.717) is 6.04 Å². The molecule has 0 amide bonds. The number of aromatic amines is 1. The van der Waals surface area contributed by atoms with Gasteiger partial charge in [-0.3, -0.25) is 5.10 Å². The molecule has 1 aromatic carbocycles. The number of nitrogens with one attached hydrogen (secondary N) is 2. The van der Waals surface area contributed by atoms with Gasteiger partial charge in [-0.05, 0) is 48.6 Å². The zero-order valence-electron chi connectivity index (χ0n) is 14.4. The van der Waals surface area contributed by atoms with Gasteiger partial charge in [-0.25, -0.2) is 4.98 Å². The third kappa shape index (κ3) is 3.56.